The van der Waals surface area contributed by atoms with Crippen LogP contribution in [0.1, 0.15) is 36.4 Å². The number of hydrogen-bond acceptors (Lipinski definition) is 4. The Labute approximate surface area is 179 Å². The summed E-state index contributed by atoms with van der Waals surface area (Å²) in [5.41, 5.74) is 6.20. The average molecular weight is 499 g/mol. The maximum atomic E-state index is 4.27. The molecule has 0 radical (unpaired) electrons. The van der Waals surface area contributed by atoms with Crippen molar-refractivity contribution in [2.24, 2.45) is 0 Å². The topological polar surface area (TPSA) is 55.6 Å². The number of nitrogens with one attached hydrogen (secondary N) is 1. The van der Waals surface area contributed by atoms with Crippen LogP contribution in [-0.4, -0.2) is 20.2 Å². The Morgan fingerprint density at radius 3 is 2.43 bits per heavy atom. The molecule has 3 aromatic rings. The van der Waals surface area contributed by atoms with Gasteiger partial charge >= 0.3 is 0 Å². The second-order valence-electron chi connectivity index (χ2n) is 7.00. The van der Waals surface area contributed by atoms with E-state index in [-0.39, 0.29) is 6.04 Å². The fourth-order valence-electron chi connectivity index (χ4n) is 3.96. The van der Waals surface area contributed by atoms with Crippen LogP contribution in [0, 0.1) is 0 Å². The molecule has 5 rings (SSSR count). The van der Waals surface area contributed by atoms with Gasteiger partial charge in [-0.3, -0.25) is 0 Å². The van der Waals surface area contributed by atoms with Gasteiger partial charge in [0.2, 0.25) is 5.95 Å². The normalized spacial score (nSPS) is 19.9. The molecule has 5 nitrogen and oxygen atoms in total. The molecule has 140 valence electrons. The van der Waals surface area contributed by atoms with Crippen molar-refractivity contribution < 1.29 is 0 Å². The number of fused-ring (bicyclic) bond motifs is 1. The van der Waals surface area contributed by atoms with E-state index in [2.05, 4.69) is 107 Å². The zero-order valence-corrected chi connectivity index (χ0v) is 18.1. The minimum atomic E-state index is 0.0166. The van der Waals surface area contributed by atoms with Crippen molar-refractivity contribution in [3.63, 3.8) is 0 Å². The molecule has 0 bridgehead atoms. The first-order valence-electron chi connectivity index (χ1n) is 9.19. The number of halogens is 2. The molecule has 2 aliphatic rings. The highest BCUT2D eigenvalue weighted by molar-refractivity contribution is 9.10. The molecule has 2 aromatic carbocycles. The van der Waals surface area contributed by atoms with Crippen molar-refractivity contribution in [1.29, 1.82) is 0 Å². The Morgan fingerprint density at radius 2 is 1.68 bits per heavy atom. The highest BCUT2D eigenvalue weighted by Crippen LogP contribution is 2.43. The predicted octanol–water partition coefficient (Wildman–Crippen LogP) is 5.73. The predicted molar refractivity (Wildman–Crippen MR) is 117 cm³/mol. The van der Waals surface area contributed by atoms with Crippen molar-refractivity contribution in [1.82, 2.24) is 20.2 Å². The lowest BCUT2D eigenvalue weighted by atomic mass is 9.83. The van der Waals surface area contributed by atoms with Gasteiger partial charge in [0.25, 0.3) is 0 Å². The van der Waals surface area contributed by atoms with Crippen molar-refractivity contribution >= 4 is 43.9 Å². The number of hydrogen-bond donors (Lipinski definition) is 1. The van der Waals surface area contributed by atoms with Crippen LogP contribution in [0.4, 0.5) is 5.95 Å². The smallest absolute Gasteiger partial charge is 0.248 e. The lowest BCUT2D eigenvalue weighted by molar-refractivity contribution is 0.524. The summed E-state index contributed by atoms with van der Waals surface area (Å²) in [4.78, 5) is 0. The molecule has 0 spiro atoms. The van der Waals surface area contributed by atoms with Gasteiger partial charge in [-0.05, 0) is 82.3 Å². The zero-order chi connectivity index (χ0) is 19.1. The number of benzene rings is 2. The summed E-state index contributed by atoms with van der Waals surface area (Å²) in [6.45, 7) is 0. The Bertz CT molecular complexity index is 1080. The van der Waals surface area contributed by atoms with E-state index in [1.54, 1.807) is 0 Å². The van der Waals surface area contributed by atoms with Crippen LogP contribution in [0.5, 0.6) is 0 Å². The molecule has 28 heavy (non-hydrogen) atoms. The van der Waals surface area contributed by atoms with Crippen LogP contribution in [0.25, 0.3) is 6.08 Å². The van der Waals surface area contributed by atoms with Crippen LogP contribution in [0.3, 0.4) is 0 Å². The van der Waals surface area contributed by atoms with Gasteiger partial charge in [-0.25, -0.2) is 0 Å². The molecule has 2 heterocycles. The van der Waals surface area contributed by atoms with E-state index < -0.39 is 0 Å². The molecule has 0 fully saturated rings. The Hall–Kier alpha value is -2.25. The van der Waals surface area contributed by atoms with E-state index in [0.29, 0.717) is 5.95 Å². The molecule has 0 amide bonds. The summed E-state index contributed by atoms with van der Waals surface area (Å²) in [6.07, 6.45) is 5.45. The highest BCUT2D eigenvalue weighted by Gasteiger charge is 2.33. The summed E-state index contributed by atoms with van der Waals surface area (Å²) >= 11 is 7.04. The van der Waals surface area contributed by atoms with E-state index in [1.165, 1.54) is 28.0 Å². The van der Waals surface area contributed by atoms with Gasteiger partial charge < -0.3 is 5.32 Å². The lowest BCUT2D eigenvalue weighted by Gasteiger charge is -2.34. The van der Waals surface area contributed by atoms with E-state index in [1.807, 2.05) is 4.68 Å². The third-order valence-electron chi connectivity index (χ3n) is 5.24. The fraction of sp³-hybridized carbons (Fsp3) is 0.190. The summed E-state index contributed by atoms with van der Waals surface area (Å²) in [7, 11) is 0. The minimum Gasteiger partial charge on any atom is -0.323 e. The molecule has 1 aliphatic carbocycles. The molecule has 1 aromatic heterocycles. The van der Waals surface area contributed by atoms with Gasteiger partial charge in [0, 0.05) is 14.6 Å². The summed E-state index contributed by atoms with van der Waals surface area (Å²) in [6, 6.07) is 16.9. The second-order valence-corrected chi connectivity index (χ2v) is 8.83. The van der Waals surface area contributed by atoms with Crippen molar-refractivity contribution in [2.45, 2.75) is 25.3 Å². The number of rotatable bonds is 2. The quantitative estimate of drug-likeness (QED) is 0.489. The number of nitrogens with zero attached hydrogens (tertiary/aromatic N) is 4. The van der Waals surface area contributed by atoms with Gasteiger partial charge in [0.15, 0.2) is 0 Å². The van der Waals surface area contributed by atoms with Gasteiger partial charge in [-0.2, -0.15) is 4.68 Å². The average Bonchev–Trinajstić information content (AvgIpc) is 3.17. The van der Waals surface area contributed by atoms with E-state index in [9.17, 15) is 0 Å². The zero-order valence-electron chi connectivity index (χ0n) is 14.9. The third-order valence-corrected chi connectivity index (χ3v) is 6.29. The number of aromatic nitrogens is 4. The summed E-state index contributed by atoms with van der Waals surface area (Å²) in [5, 5.41) is 15.9. The minimum absolute atomic E-state index is 0.0166. The van der Waals surface area contributed by atoms with Crippen molar-refractivity contribution in [2.75, 3.05) is 5.32 Å². The van der Waals surface area contributed by atoms with Crippen LogP contribution in [0.2, 0.25) is 0 Å². The first-order chi connectivity index (χ1) is 13.7. The Kier molecular flexibility index (Phi) is 4.64. The van der Waals surface area contributed by atoms with E-state index >= 15 is 0 Å². The van der Waals surface area contributed by atoms with Crippen LogP contribution >= 0.6 is 31.9 Å². The van der Waals surface area contributed by atoms with Gasteiger partial charge in [-0.1, -0.05) is 61.2 Å². The van der Waals surface area contributed by atoms with E-state index in [0.717, 1.165) is 28.2 Å². The van der Waals surface area contributed by atoms with Crippen LogP contribution < -0.4 is 5.32 Å². The van der Waals surface area contributed by atoms with Crippen LogP contribution in [0.15, 0.2) is 74.3 Å². The number of allylic oxidation sites excluding steroid dienone is 2. The number of anilines is 1. The van der Waals surface area contributed by atoms with Crippen LogP contribution in [-0.2, 0) is 0 Å². The SMILES string of the molecule is Brc1ccc(/C=C2\CCCC3=C2Nc2nnnn2C3c2ccc(Br)cc2)cc1. The monoisotopic (exact) mass is 497 g/mol. The third kappa shape index (κ3) is 3.22. The number of tetrazole rings is 1. The Balaban J connectivity index is 1.63. The fourth-order valence-corrected chi connectivity index (χ4v) is 4.49. The molecule has 1 atom stereocenters. The molecule has 1 N–H and O–H groups in total. The molecule has 7 heteroatoms. The van der Waals surface area contributed by atoms with Crippen molar-refractivity contribution in [3.05, 3.63) is 85.4 Å². The second kappa shape index (κ2) is 7.29. The summed E-state index contributed by atoms with van der Waals surface area (Å²) in [5.74, 6) is 0.690. The maximum Gasteiger partial charge on any atom is 0.248 e. The molecular formula is C21H17Br2N5. The van der Waals surface area contributed by atoms with Gasteiger partial charge in [-0.15, -0.1) is 0 Å². The maximum absolute atomic E-state index is 4.27. The highest BCUT2D eigenvalue weighted by atomic mass is 79.9. The lowest BCUT2D eigenvalue weighted by Crippen LogP contribution is -2.28. The first-order valence-corrected chi connectivity index (χ1v) is 10.8. The Morgan fingerprint density at radius 1 is 0.964 bits per heavy atom. The molecule has 1 aliphatic heterocycles. The largest absolute Gasteiger partial charge is 0.323 e. The molecule has 1 unspecified atom stereocenters. The first kappa shape index (κ1) is 17.8. The van der Waals surface area contributed by atoms with Crippen molar-refractivity contribution in [3.8, 4) is 0 Å². The molecule has 0 saturated carbocycles. The van der Waals surface area contributed by atoms with Gasteiger partial charge in [0.1, 0.15) is 6.04 Å². The summed E-state index contributed by atoms with van der Waals surface area (Å²) < 4.78 is 4.05. The molecular weight excluding hydrogens is 482 g/mol. The molecule has 0 saturated heterocycles. The standard InChI is InChI=1S/C21H17Br2N5/c22-16-8-4-13(5-9-16)12-15-2-1-3-18-19(15)24-21-25-26-27-28(21)20(18)14-6-10-17(23)11-7-14/h4-12,20H,1-3H2,(H,24,25,27)/b15-12+. The van der Waals surface area contributed by atoms with E-state index in [4.69, 9.17) is 0 Å². The van der Waals surface area contributed by atoms with Gasteiger partial charge in [0.05, 0.1) is 0 Å².